The quantitative estimate of drug-likeness (QED) is 0.722. The Morgan fingerprint density at radius 1 is 1.04 bits per heavy atom. The molecule has 1 unspecified atom stereocenters. The highest BCUT2D eigenvalue weighted by Gasteiger charge is 2.41. The van der Waals surface area contributed by atoms with E-state index < -0.39 is 5.60 Å². The Kier molecular flexibility index (Phi) is 4.14. The molecule has 1 atom stereocenters. The van der Waals surface area contributed by atoms with E-state index in [0.717, 1.165) is 28.5 Å². The van der Waals surface area contributed by atoms with E-state index in [1.165, 1.54) is 5.56 Å². The maximum Gasteiger partial charge on any atom is 0.150 e. The number of nitrogens with zero attached hydrogens (tertiary/aromatic N) is 2. The van der Waals surface area contributed by atoms with Gasteiger partial charge in [-0.3, -0.25) is 4.98 Å². The maximum absolute atomic E-state index is 6.01. The highest BCUT2D eigenvalue weighted by atomic mass is 32.1. The molecule has 0 aliphatic carbocycles. The predicted molar refractivity (Wildman–Crippen MR) is 93.8 cm³/mol. The molecule has 1 aromatic carbocycles. The summed E-state index contributed by atoms with van der Waals surface area (Å²) in [5.74, 6) is 0. The van der Waals surface area contributed by atoms with Gasteiger partial charge in [0.25, 0.3) is 0 Å². The summed E-state index contributed by atoms with van der Waals surface area (Å²) in [7, 11) is 0. The van der Waals surface area contributed by atoms with Crippen molar-refractivity contribution in [3.05, 3.63) is 70.2 Å². The topological polar surface area (TPSA) is 44.2 Å². The first kappa shape index (κ1) is 15.4. The van der Waals surface area contributed by atoms with Crippen molar-refractivity contribution in [2.45, 2.75) is 18.9 Å². The van der Waals surface area contributed by atoms with Crippen LogP contribution in [0.4, 0.5) is 0 Å². The second-order valence-corrected chi connectivity index (χ2v) is 6.83. The van der Waals surface area contributed by atoms with E-state index in [9.17, 15) is 0 Å². The number of thiazole rings is 1. The molecular formula is C19H18N2O2S. The molecule has 0 spiro atoms. The van der Waals surface area contributed by atoms with Crippen LogP contribution >= 0.6 is 11.3 Å². The SMILES string of the molecule is Cc1cccc(-c2csc(C3(Cc4ccccc4)COCO3)n2)n1. The van der Waals surface area contributed by atoms with Crippen LogP contribution in [-0.2, 0) is 21.5 Å². The molecule has 122 valence electrons. The molecule has 0 radical (unpaired) electrons. The lowest BCUT2D eigenvalue weighted by Gasteiger charge is -2.24. The number of rotatable bonds is 4. The Labute approximate surface area is 145 Å². The number of benzene rings is 1. The van der Waals surface area contributed by atoms with Gasteiger partial charge < -0.3 is 9.47 Å². The van der Waals surface area contributed by atoms with Gasteiger partial charge in [0, 0.05) is 17.5 Å². The monoisotopic (exact) mass is 338 g/mol. The third kappa shape index (κ3) is 2.98. The lowest BCUT2D eigenvalue weighted by Crippen LogP contribution is -2.31. The van der Waals surface area contributed by atoms with Gasteiger partial charge in [0.15, 0.2) is 0 Å². The number of pyridine rings is 1. The van der Waals surface area contributed by atoms with Crippen molar-refractivity contribution < 1.29 is 9.47 Å². The summed E-state index contributed by atoms with van der Waals surface area (Å²) >= 11 is 1.61. The van der Waals surface area contributed by atoms with Crippen LogP contribution in [-0.4, -0.2) is 23.4 Å². The highest BCUT2D eigenvalue weighted by Crippen LogP contribution is 2.37. The highest BCUT2D eigenvalue weighted by molar-refractivity contribution is 7.10. The van der Waals surface area contributed by atoms with Crippen LogP contribution in [0.5, 0.6) is 0 Å². The average Bonchev–Trinajstić information content (AvgIpc) is 3.26. The number of hydrogen-bond acceptors (Lipinski definition) is 5. The van der Waals surface area contributed by atoms with Gasteiger partial charge in [0.05, 0.1) is 18.0 Å². The molecule has 3 aromatic rings. The van der Waals surface area contributed by atoms with Gasteiger partial charge in [-0.05, 0) is 24.6 Å². The molecule has 4 nitrogen and oxygen atoms in total. The number of ether oxygens (including phenoxy) is 2. The van der Waals surface area contributed by atoms with Crippen molar-refractivity contribution in [2.24, 2.45) is 0 Å². The molecule has 1 saturated heterocycles. The van der Waals surface area contributed by atoms with Gasteiger partial charge in [0.1, 0.15) is 17.4 Å². The summed E-state index contributed by atoms with van der Waals surface area (Å²) in [6, 6.07) is 16.3. The minimum absolute atomic E-state index is 0.310. The second-order valence-electron chi connectivity index (χ2n) is 5.97. The molecule has 2 aromatic heterocycles. The minimum Gasteiger partial charge on any atom is -0.352 e. The molecule has 4 rings (SSSR count). The lowest BCUT2D eigenvalue weighted by molar-refractivity contribution is -0.0115. The Morgan fingerprint density at radius 3 is 2.67 bits per heavy atom. The van der Waals surface area contributed by atoms with Crippen molar-refractivity contribution in [2.75, 3.05) is 13.4 Å². The van der Waals surface area contributed by atoms with Crippen LogP contribution < -0.4 is 0 Å². The first-order chi connectivity index (χ1) is 11.8. The van der Waals surface area contributed by atoms with Gasteiger partial charge in [-0.1, -0.05) is 36.4 Å². The normalized spacial score (nSPS) is 20.4. The van der Waals surface area contributed by atoms with E-state index in [1.54, 1.807) is 11.3 Å². The van der Waals surface area contributed by atoms with E-state index in [-0.39, 0.29) is 0 Å². The first-order valence-corrected chi connectivity index (χ1v) is 8.79. The van der Waals surface area contributed by atoms with Crippen LogP contribution in [0.25, 0.3) is 11.4 Å². The van der Waals surface area contributed by atoms with Crippen molar-refractivity contribution >= 4 is 11.3 Å². The van der Waals surface area contributed by atoms with Gasteiger partial charge in [-0.15, -0.1) is 11.3 Å². The molecule has 0 saturated carbocycles. The van der Waals surface area contributed by atoms with E-state index in [2.05, 4.69) is 17.1 Å². The number of hydrogen-bond donors (Lipinski definition) is 0. The second kappa shape index (κ2) is 6.43. The summed E-state index contributed by atoms with van der Waals surface area (Å²) in [5, 5.41) is 2.99. The van der Waals surface area contributed by atoms with Crippen LogP contribution in [0.15, 0.2) is 53.9 Å². The molecule has 5 heteroatoms. The standard InChI is InChI=1S/C19H18N2O2S/c1-14-6-5-9-16(20-14)17-11-24-18(21-17)19(12-22-13-23-19)10-15-7-3-2-4-8-15/h2-9,11H,10,12-13H2,1H3. The Hall–Kier alpha value is -2.08. The van der Waals surface area contributed by atoms with Crippen LogP contribution in [0, 0.1) is 6.92 Å². The zero-order valence-electron chi connectivity index (χ0n) is 13.4. The van der Waals surface area contributed by atoms with Crippen molar-refractivity contribution in [1.82, 2.24) is 9.97 Å². The third-order valence-electron chi connectivity index (χ3n) is 4.13. The Balaban J connectivity index is 1.67. The fraction of sp³-hybridized carbons (Fsp3) is 0.263. The summed E-state index contributed by atoms with van der Waals surface area (Å²) in [5.41, 5.74) is 3.48. The minimum atomic E-state index is -0.506. The Bertz CT molecular complexity index is 826. The molecule has 1 aliphatic rings. The van der Waals surface area contributed by atoms with Crippen LogP contribution in [0.3, 0.4) is 0 Å². The summed E-state index contributed by atoms with van der Waals surface area (Å²) in [6.45, 7) is 2.82. The summed E-state index contributed by atoms with van der Waals surface area (Å²) in [6.07, 6.45) is 0.752. The maximum atomic E-state index is 6.01. The van der Waals surface area contributed by atoms with E-state index >= 15 is 0 Å². The molecule has 24 heavy (non-hydrogen) atoms. The molecule has 1 fully saturated rings. The molecule has 0 amide bonds. The van der Waals surface area contributed by atoms with Gasteiger partial charge in [-0.25, -0.2) is 4.98 Å². The van der Waals surface area contributed by atoms with Gasteiger partial charge in [0.2, 0.25) is 0 Å². The fourth-order valence-corrected chi connectivity index (χ4v) is 3.87. The van der Waals surface area contributed by atoms with Crippen molar-refractivity contribution in [3.8, 4) is 11.4 Å². The van der Waals surface area contributed by atoms with E-state index in [1.807, 2.05) is 48.7 Å². The molecule has 0 N–H and O–H groups in total. The predicted octanol–water partition coefficient (Wildman–Crippen LogP) is 3.96. The Morgan fingerprint density at radius 2 is 1.92 bits per heavy atom. The molecule has 3 heterocycles. The number of aromatic nitrogens is 2. The van der Waals surface area contributed by atoms with Crippen LogP contribution in [0.2, 0.25) is 0 Å². The van der Waals surface area contributed by atoms with Gasteiger partial charge in [-0.2, -0.15) is 0 Å². The molecule has 0 bridgehead atoms. The van der Waals surface area contributed by atoms with Crippen molar-refractivity contribution in [1.29, 1.82) is 0 Å². The first-order valence-electron chi connectivity index (χ1n) is 7.91. The average molecular weight is 338 g/mol. The van der Waals surface area contributed by atoms with Gasteiger partial charge >= 0.3 is 0 Å². The zero-order chi connectivity index (χ0) is 16.4. The van der Waals surface area contributed by atoms with E-state index in [0.29, 0.717) is 13.4 Å². The summed E-state index contributed by atoms with van der Waals surface area (Å²) in [4.78, 5) is 9.39. The largest absolute Gasteiger partial charge is 0.352 e. The summed E-state index contributed by atoms with van der Waals surface area (Å²) < 4.78 is 11.6. The molecule has 1 aliphatic heterocycles. The molecular weight excluding hydrogens is 320 g/mol. The lowest BCUT2D eigenvalue weighted by atomic mass is 9.96. The zero-order valence-corrected chi connectivity index (χ0v) is 14.3. The van der Waals surface area contributed by atoms with Crippen LogP contribution in [0.1, 0.15) is 16.3 Å². The smallest absolute Gasteiger partial charge is 0.150 e. The third-order valence-corrected chi connectivity index (χ3v) is 5.16. The van der Waals surface area contributed by atoms with Crippen molar-refractivity contribution in [3.63, 3.8) is 0 Å². The number of aryl methyl sites for hydroxylation is 1. The van der Waals surface area contributed by atoms with E-state index in [4.69, 9.17) is 14.5 Å². The fourth-order valence-electron chi connectivity index (χ4n) is 2.92.